The summed E-state index contributed by atoms with van der Waals surface area (Å²) in [6.07, 6.45) is 4.11. The van der Waals surface area contributed by atoms with Crippen LogP contribution < -0.4 is 5.73 Å². The minimum Gasteiger partial charge on any atom is -0.399 e. The van der Waals surface area contributed by atoms with E-state index in [2.05, 4.69) is 24.5 Å². The number of benzene rings is 1. The SMILES string of the molecule is CC(C)c1nc2cc(N)ccc2n1CCC1CC1. The molecular weight excluding hydrogens is 222 g/mol. The lowest BCUT2D eigenvalue weighted by molar-refractivity contribution is 0.570. The van der Waals surface area contributed by atoms with Crippen molar-refractivity contribution < 1.29 is 0 Å². The van der Waals surface area contributed by atoms with Gasteiger partial charge in [-0.05, 0) is 30.5 Å². The Labute approximate surface area is 108 Å². The second-order valence-electron chi connectivity index (χ2n) is 5.76. The smallest absolute Gasteiger partial charge is 0.112 e. The van der Waals surface area contributed by atoms with E-state index in [1.807, 2.05) is 12.1 Å². The van der Waals surface area contributed by atoms with Crippen molar-refractivity contribution in [1.29, 1.82) is 0 Å². The van der Waals surface area contributed by atoms with Gasteiger partial charge >= 0.3 is 0 Å². The lowest BCUT2D eigenvalue weighted by atomic mass is 10.2. The van der Waals surface area contributed by atoms with Gasteiger partial charge in [0.05, 0.1) is 11.0 Å². The summed E-state index contributed by atoms with van der Waals surface area (Å²) in [6.45, 7) is 5.51. The zero-order chi connectivity index (χ0) is 12.7. The molecule has 0 radical (unpaired) electrons. The molecule has 0 saturated heterocycles. The highest BCUT2D eigenvalue weighted by atomic mass is 15.1. The van der Waals surface area contributed by atoms with E-state index < -0.39 is 0 Å². The number of imidazole rings is 1. The first-order chi connectivity index (χ1) is 8.65. The molecule has 1 aromatic heterocycles. The van der Waals surface area contributed by atoms with Crippen LogP contribution in [0.5, 0.6) is 0 Å². The third-order valence-corrected chi connectivity index (χ3v) is 3.78. The van der Waals surface area contributed by atoms with Crippen LogP contribution in [0, 0.1) is 5.92 Å². The van der Waals surface area contributed by atoms with E-state index in [9.17, 15) is 0 Å². The second kappa shape index (κ2) is 4.30. The topological polar surface area (TPSA) is 43.8 Å². The van der Waals surface area contributed by atoms with E-state index in [0.717, 1.165) is 23.7 Å². The Bertz CT molecular complexity index is 564. The number of nitrogens with zero attached hydrogens (tertiary/aromatic N) is 2. The highest BCUT2D eigenvalue weighted by Gasteiger charge is 2.22. The monoisotopic (exact) mass is 243 g/mol. The van der Waals surface area contributed by atoms with Gasteiger partial charge in [-0.25, -0.2) is 4.98 Å². The maximum atomic E-state index is 5.84. The quantitative estimate of drug-likeness (QED) is 0.835. The molecule has 3 nitrogen and oxygen atoms in total. The number of nitrogens with two attached hydrogens (primary N) is 1. The molecule has 1 heterocycles. The number of nitrogen functional groups attached to an aromatic ring is 1. The molecule has 18 heavy (non-hydrogen) atoms. The molecule has 3 heteroatoms. The van der Waals surface area contributed by atoms with Gasteiger partial charge in [0.25, 0.3) is 0 Å². The van der Waals surface area contributed by atoms with Crippen molar-refractivity contribution in [3.05, 3.63) is 24.0 Å². The number of rotatable bonds is 4. The van der Waals surface area contributed by atoms with Crippen molar-refractivity contribution >= 4 is 16.7 Å². The van der Waals surface area contributed by atoms with E-state index >= 15 is 0 Å². The molecular formula is C15H21N3. The minimum absolute atomic E-state index is 0.456. The standard InChI is InChI=1S/C15H21N3/c1-10(2)15-17-13-9-12(16)5-6-14(13)18(15)8-7-11-3-4-11/h5-6,9-11H,3-4,7-8,16H2,1-2H3. The summed E-state index contributed by atoms with van der Waals surface area (Å²) in [5, 5.41) is 0. The Morgan fingerprint density at radius 1 is 1.39 bits per heavy atom. The summed E-state index contributed by atoms with van der Waals surface area (Å²) in [5.41, 5.74) is 8.90. The maximum absolute atomic E-state index is 5.84. The van der Waals surface area contributed by atoms with E-state index in [-0.39, 0.29) is 0 Å². The van der Waals surface area contributed by atoms with Crippen molar-refractivity contribution in [3.8, 4) is 0 Å². The number of aryl methyl sites for hydroxylation is 1. The summed E-state index contributed by atoms with van der Waals surface area (Å²) in [6, 6.07) is 6.06. The first-order valence-corrected chi connectivity index (χ1v) is 6.91. The van der Waals surface area contributed by atoms with Gasteiger partial charge in [-0.15, -0.1) is 0 Å². The molecule has 1 saturated carbocycles. The van der Waals surface area contributed by atoms with Crippen molar-refractivity contribution in [2.24, 2.45) is 5.92 Å². The first-order valence-electron chi connectivity index (χ1n) is 6.91. The highest BCUT2D eigenvalue weighted by Crippen LogP contribution is 2.34. The molecule has 2 aromatic rings. The Kier molecular flexibility index (Phi) is 2.77. The Morgan fingerprint density at radius 3 is 2.83 bits per heavy atom. The van der Waals surface area contributed by atoms with Crippen LogP contribution in [0.3, 0.4) is 0 Å². The second-order valence-corrected chi connectivity index (χ2v) is 5.76. The molecule has 0 aliphatic heterocycles. The summed E-state index contributed by atoms with van der Waals surface area (Å²) in [7, 11) is 0. The average molecular weight is 243 g/mol. The van der Waals surface area contributed by atoms with Crippen LogP contribution >= 0.6 is 0 Å². The van der Waals surface area contributed by atoms with Crippen molar-refractivity contribution in [2.75, 3.05) is 5.73 Å². The van der Waals surface area contributed by atoms with Gasteiger partial charge in [-0.3, -0.25) is 0 Å². The summed E-state index contributed by atoms with van der Waals surface area (Å²) < 4.78 is 2.39. The van der Waals surface area contributed by atoms with Gasteiger partial charge in [0.1, 0.15) is 5.82 Å². The molecule has 0 atom stereocenters. The van der Waals surface area contributed by atoms with Gasteiger partial charge in [-0.2, -0.15) is 0 Å². The summed E-state index contributed by atoms with van der Waals surface area (Å²) >= 11 is 0. The number of hydrogen-bond donors (Lipinski definition) is 1. The molecule has 0 unspecified atom stereocenters. The molecule has 3 rings (SSSR count). The third-order valence-electron chi connectivity index (χ3n) is 3.78. The normalized spacial score (nSPS) is 15.7. The van der Waals surface area contributed by atoms with E-state index in [4.69, 9.17) is 10.7 Å². The van der Waals surface area contributed by atoms with Gasteiger partial charge < -0.3 is 10.3 Å². The number of hydrogen-bond acceptors (Lipinski definition) is 2. The van der Waals surface area contributed by atoms with Crippen molar-refractivity contribution in [2.45, 2.75) is 45.6 Å². The van der Waals surface area contributed by atoms with Crippen LogP contribution in [0.2, 0.25) is 0 Å². The van der Waals surface area contributed by atoms with Crippen molar-refractivity contribution in [3.63, 3.8) is 0 Å². The third kappa shape index (κ3) is 2.09. The molecule has 0 spiro atoms. The number of fused-ring (bicyclic) bond motifs is 1. The lowest BCUT2D eigenvalue weighted by Crippen LogP contribution is -2.06. The zero-order valence-electron chi connectivity index (χ0n) is 11.2. The first kappa shape index (κ1) is 11.6. The van der Waals surface area contributed by atoms with Crippen molar-refractivity contribution in [1.82, 2.24) is 9.55 Å². The predicted molar refractivity (Wildman–Crippen MR) is 75.6 cm³/mol. The molecule has 1 aliphatic rings. The molecule has 96 valence electrons. The Balaban J connectivity index is 2.02. The van der Waals surface area contributed by atoms with Crippen LogP contribution in [0.4, 0.5) is 5.69 Å². The number of aromatic nitrogens is 2. The highest BCUT2D eigenvalue weighted by molar-refractivity contribution is 5.79. The number of anilines is 1. The zero-order valence-corrected chi connectivity index (χ0v) is 11.2. The molecule has 0 amide bonds. The van der Waals surface area contributed by atoms with Crippen LogP contribution in [-0.4, -0.2) is 9.55 Å². The summed E-state index contributed by atoms with van der Waals surface area (Å²) in [4.78, 5) is 4.75. The molecule has 1 fully saturated rings. The predicted octanol–water partition coefficient (Wildman–Crippen LogP) is 3.54. The van der Waals surface area contributed by atoms with Crippen LogP contribution in [0.25, 0.3) is 11.0 Å². The fraction of sp³-hybridized carbons (Fsp3) is 0.533. The van der Waals surface area contributed by atoms with Crippen LogP contribution in [0.15, 0.2) is 18.2 Å². The van der Waals surface area contributed by atoms with Gasteiger partial charge in [0, 0.05) is 18.2 Å². The van der Waals surface area contributed by atoms with Crippen LogP contribution in [0.1, 0.15) is 44.9 Å². The van der Waals surface area contributed by atoms with Crippen LogP contribution in [-0.2, 0) is 6.54 Å². The average Bonchev–Trinajstić information content (AvgIpc) is 3.07. The van der Waals surface area contributed by atoms with Gasteiger partial charge in [-0.1, -0.05) is 26.7 Å². The Morgan fingerprint density at radius 2 is 2.17 bits per heavy atom. The maximum Gasteiger partial charge on any atom is 0.112 e. The molecule has 1 aromatic carbocycles. The van der Waals surface area contributed by atoms with Gasteiger partial charge in [0.15, 0.2) is 0 Å². The lowest BCUT2D eigenvalue weighted by Gasteiger charge is -2.11. The van der Waals surface area contributed by atoms with E-state index in [1.165, 1.54) is 30.6 Å². The van der Waals surface area contributed by atoms with Gasteiger partial charge in [0.2, 0.25) is 0 Å². The minimum atomic E-state index is 0.456. The van der Waals surface area contributed by atoms with E-state index in [1.54, 1.807) is 0 Å². The molecule has 0 bridgehead atoms. The van der Waals surface area contributed by atoms with E-state index in [0.29, 0.717) is 5.92 Å². The Hall–Kier alpha value is -1.51. The largest absolute Gasteiger partial charge is 0.399 e. The summed E-state index contributed by atoms with van der Waals surface area (Å²) in [5.74, 6) is 2.60. The fourth-order valence-corrected chi connectivity index (χ4v) is 2.56. The molecule has 1 aliphatic carbocycles. The molecule has 2 N–H and O–H groups in total. The fourth-order valence-electron chi connectivity index (χ4n) is 2.56.